The van der Waals surface area contributed by atoms with Crippen molar-refractivity contribution in [3.8, 4) is 11.5 Å². The van der Waals surface area contributed by atoms with E-state index in [9.17, 15) is 4.79 Å². The topological polar surface area (TPSA) is 106 Å². The van der Waals surface area contributed by atoms with Gasteiger partial charge in [-0.15, -0.1) is 0 Å². The summed E-state index contributed by atoms with van der Waals surface area (Å²) >= 11 is 5.89. The van der Waals surface area contributed by atoms with Crippen LogP contribution in [-0.2, 0) is 11.3 Å². The van der Waals surface area contributed by atoms with Crippen molar-refractivity contribution in [2.45, 2.75) is 26.4 Å². The Hall–Kier alpha value is -3.20. The molecule has 150 valence electrons. The zero-order valence-corrected chi connectivity index (χ0v) is 16.6. The molecule has 1 N–H and O–H groups in total. The van der Waals surface area contributed by atoms with Crippen molar-refractivity contribution >= 4 is 29.5 Å². The second-order valence-electron chi connectivity index (χ2n) is 6.87. The van der Waals surface area contributed by atoms with E-state index in [0.717, 1.165) is 5.56 Å². The van der Waals surface area contributed by atoms with E-state index in [1.165, 1.54) is 0 Å². The molecule has 2 aromatic heterocycles. The van der Waals surface area contributed by atoms with Crippen molar-refractivity contribution in [3.05, 3.63) is 47.4 Å². The average molecular weight is 415 g/mol. The van der Waals surface area contributed by atoms with Crippen LogP contribution in [0.3, 0.4) is 0 Å². The second-order valence-corrected chi connectivity index (χ2v) is 7.31. The maximum atomic E-state index is 12.1. The van der Waals surface area contributed by atoms with E-state index in [0.29, 0.717) is 35.1 Å². The lowest BCUT2D eigenvalue weighted by Crippen LogP contribution is -2.37. The highest BCUT2D eigenvalue weighted by molar-refractivity contribution is 6.30. The van der Waals surface area contributed by atoms with Crippen molar-refractivity contribution in [3.63, 3.8) is 0 Å². The van der Waals surface area contributed by atoms with Crippen molar-refractivity contribution in [2.24, 2.45) is 5.92 Å². The molecule has 0 spiro atoms. The van der Waals surface area contributed by atoms with Crippen LogP contribution >= 0.6 is 11.6 Å². The first-order valence-electron chi connectivity index (χ1n) is 9.12. The molecule has 3 aromatic rings. The third-order valence-corrected chi connectivity index (χ3v) is 4.78. The van der Waals surface area contributed by atoms with Gasteiger partial charge in [0.1, 0.15) is 12.4 Å². The third kappa shape index (κ3) is 4.14. The van der Waals surface area contributed by atoms with Crippen LogP contribution < -0.4 is 10.2 Å². The van der Waals surface area contributed by atoms with Crippen molar-refractivity contribution in [1.29, 1.82) is 0 Å². The van der Waals surface area contributed by atoms with Crippen molar-refractivity contribution in [2.75, 3.05) is 16.8 Å². The van der Waals surface area contributed by atoms with E-state index >= 15 is 0 Å². The number of amides is 1. The molecule has 29 heavy (non-hydrogen) atoms. The van der Waals surface area contributed by atoms with Gasteiger partial charge >= 0.3 is 6.09 Å². The summed E-state index contributed by atoms with van der Waals surface area (Å²) < 4.78 is 10.5. The zero-order chi connectivity index (χ0) is 20.4. The smallest absolute Gasteiger partial charge is 0.415 e. The molecular weight excluding hydrogens is 396 g/mol. The summed E-state index contributed by atoms with van der Waals surface area (Å²) in [6.45, 7) is 4.68. The molecule has 9 nitrogen and oxygen atoms in total. The quantitative estimate of drug-likeness (QED) is 0.649. The van der Waals surface area contributed by atoms with Crippen LogP contribution in [0.15, 0.2) is 41.1 Å². The van der Waals surface area contributed by atoms with E-state index in [4.69, 9.17) is 20.9 Å². The Morgan fingerprint density at radius 1 is 1.24 bits per heavy atom. The number of hydrogen-bond donors (Lipinski definition) is 1. The van der Waals surface area contributed by atoms with Gasteiger partial charge in [0.15, 0.2) is 5.82 Å². The zero-order valence-electron chi connectivity index (χ0n) is 15.9. The minimum absolute atomic E-state index is 0.0654. The Morgan fingerprint density at radius 3 is 2.79 bits per heavy atom. The molecule has 1 aromatic carbocycles. The number of cyclic esters (lactones) is 1. The van der Waals surface area contributed by atoms with Gasteiger partial charge in [-0.1, -0.05) is 30.6 Å². The largest absolute Gasteiger partial charge is 0.447 e. The Kier molecular flexibility index (Phi) is 5.30. The molecule has 0 aliphatic carbocycles. The number of carbonyl (C=O) groups excluding carboxylic acids is 1. The van der Waals surface area contributed by atoms with Crippen LogP contribution in [-0.4, -0.2) is 38.9 Å². The third-order valence-electron chi connectivity index (χ3n) is 4.53. The molecular formula is C19H19ClN6O3. The summed E-state index contributed by atoms with van der Waals surface area (Å²) in [5.41, 5.74) is 0.777. The number of carbonyl (C=O) groups is 1. The SMILES string of the molecule is CC(C)[C@H]1COC(=O)N1c1ccnc(NCc2noc(-c3ccc(Cl)cc3)n2)n1. The lowest BCUT2D eigenvalue weighted by atomic mass is 10.0. The molecule has 4 rings (SSSR count). The van der Waals surface area contributed by atoms with Crippen LogP contribution in [0.25, 0.3) is 11.5 Å². The van der Waals surface area contributed by atoms with Crippen LogP contribution in [0, 0.1) is 5.92 Å². The van der Waals surface area contributed by atoms with E-state index in [2.05, 4.69) is 25.4 Å². The summed E-state index contributed by atoms with van der Waals surface area (Å²) in [5.74, 6) is 1.91. The summed E-state index contributed by atoms with van der Waals surface area (Å²) in [6, 6.07) is 8.74. The summed E-state index contributed by atoms with van der Waals surface area (Å²) in [5, 5.41) is 7.64. The van der Waals surface area contributed by atoms with Gasteiger partial charge in [-0.25, -0.2) is 9.78 Å². The maximum Gasteiger partial charge on any atom is 0.415 e. The van der Waals surface area contributed by atoms with E-state index < -0.39 is 6.09 Å². The minimum Gasteiger partial charge on any atom is -0.447 e. The van der Waals surface area contributed by atoms with Crippen LogP contribution in [0.5, 0.6) is 0 Å². The van der Waals surface area contributed by atoms with Gasteiger partial charge in [0, 0.05) is 16.8 Å². The van der Waals surface area contributed by atoms with Gasteiger partial charge in [0.05, 0.1) is 12.6 Å². The van der Waals surface area contributed by atoms with E-state index in [1.807, 2.05) is 13.8 Å². The predicted molar refractivity (Wildman–Crippen MR) is 107 cm³/mol. The van der Waals surface area contributed by atoms with E-state index in [1.54, 1.807) is 41.4 Å². The fraction of sp³-hybridized carbons (Fsp3) is 0.316. The molecule has 0 bridgehead atoms. The molecule has 1 amide bonds. The van der Waals surface area contributed by atoms with E-state index in [-0.39, 0.29) is 18.5 Å². The second kappa shape index (κ2) is 8.04. The highest BCUT2D eigenvalue weighted by atomic mass is 35.5. The number of nitrogens with zero attached hydrogens (tertiary/aromatic N) is 5. The normalized spacial score (nSPS) is 16.3. The first kappa shape index (κ1) is 19.1. The molecule has 10 heteroatoms. The number of halogens is 1. The Morgan fingerprint density at radius 2 is 2.03 bits per heavy atom. The Balaban J connectivity index is 1.45. The molecule has 0 radical (unpaired) electrons. The van der Waals surface area contributed by atoms with Crippen LogP contribution in [0.1, 0.15) is 19.7 Å². The summed E-state index contributed by atoms with van der Waals surface area (Å²) in [6.07, 6.45) is 1.18. The molecule has 0 saturated carbocycles. The maximum absolute atomic E-state index is 12.1. The molecule has 1 fully saturated rings. The molecule has 1 atom stereocenters. The minimum atomic E-state index is -0.404. The first-order valence-corrected chi connectivity index (χ1v) is 9.50. The number of nitrogens with one attached hydrogen (secondary N) is 1. The lowest BCUT2D eigenvalue weighted by Gasteiger charge is -2.23. The van der Waals surface area contributed by atoms with Gasteiger partial charge < -0.3 is 14.6 Å². The number of aromatic nitrogens is 4. The monoisotopic (exact) mass is 414 g/mol. The highest BCUT2D eigenvalue weighted by Gasteiger charge is 2.37. The van der Waals surface area contributed by atoms with Crippen molar-refractivity contribution < 1.29 is 14.1 Å². The average Bonchev–Trinajstić information content (AvgIpc) is 3.34. The number of rotatable bonds is 6. The molecule has 1 saturated heterocycles. The highest BCUT2D eigenvalue weighted by Crippen LogP contribution is 2.26. The molecule has 1 aliphatic heterocycles. The van der Waals surface area contributed by atoms with Crippen molar-refractivity contribution in [1.82, 2.24) is 20.1 Å². The molecule has 0 unspecified atom stereocenters. The Bertz CT molecular complexity index is 1010. The number of benzene rings is 1. The number of ether oxygens (including phenoxy) is 1. The van der Waals surface area contributed by atoms with Gasteiger partial charge in [-0.05, 0) is 36.2 Å². The number of hydrogen-bond acceptors (Lipinski definition) is 8. The summed E-state index contributed by atoms with van der Waals surface area (Å²) in [4.78, 5) is 26.7. The summed E-state index contributed by atoms with van der Waals surface area (Å²) in [7, 11) is 0. The standard InChI is InChI=1S/C19H19ClN6O3/c1-11(2)14-10-28-19(27)26(14)16-7-8-21-18(24-16)22-9-15-23-17(29-25-15)12-3-5-13(20)6-4-12/h3-8,11,14H,9-10H2,1-2H3,(H,21,22,24)/t14-/m1/s1. The first-order chi connectivity index (χ1) is 14.0. The molecule has 3 heterocycles. The number of anilines is 2. The van der Waals surface area contributed by atoms with Gasteiger partial charge in [-0.3, -0.25) is 4.90 Å². The van der Waals surface area contributed by atoms with Gasteiger partial charge in [0.25, 0.3) is 5.89 Å². The lowest BCUT2D eigenvalue weighted by molar-refractivity contribution is 0.177. The van der Waals surface area contributed by atoms with Crippen LogP contribution in [0.4, 0.5) is 16.6 Å². The van der Waals surface area contributed by atoms with Gasteiger partial charge in [-0.2, -0.15) is 9.97 Å². The predicted octanol–water partition coefficient (Wildman–Crippen LogP) is 3.77. The van der Waals surface area contributed by atoms with Crippen LogP contribution in [0.2, 0.25) is 5.02 Å². The Labute approximate surface area is 172 Å². The fourth-order valence-electron chi connectivity index (χ4n) is 2.95. The molecule has 1 aliphatic rings. The fourth-order valence-corrected chi connectivity index (χ4v) is 3.08. The van der Waals surface area contributed by atoms with Gasteiger partial charge in [0.2, 0.25) is 5.95 Å².